The van der Waals surface area contributed by atoms with Crippen LogP contribution in [0.1, 0.15) is 40.2 Å². The first-order valence-electron chi connectivity index (χ1n) is 10.3. The average Bonchev–Trinajstić information content (AvgIpc) is 3.07. The summed E-state index contributed by atoms with van der Waals surface area (Å²) in [7, 11) is 0. The maximum atomic E-state index is 13.5. The molecule has 154 valence electrons. The van der Waals surface area contributed by atoms with E-state index in [2.05, 4.69) is 0 Å². The van der Waals surface area contributed by atoms with Gasteiger partial charge >= 0.3 is 0 Å². The first kappa shape index (κ1) is 19.1. The molecule has 5 rings (SSSR count). The predicted molar refractivity (Wildman–Crippen MR) is 118 cm³/mol. The van der Waals surface area contributed by atoms with Crippen molar-refractivity contribution in [3.63, 3.8) is 0 Å². The molecule has 0 saturated carbocycles. The van der Waals surface area contributed by atoms with Gasteiger partial charge in [0.2, 0.25) is 5.76 Å². The summed E-state index contributed by atoms with van der Waals surface area (Å²) in [6.45, 7) is 2.87. The van der Waals surface area contributed by atoms with E-state index in [0.717, 1.165) is 16.9 Å². The average molecular weight is 411 g/mol. The number of hydrogen-bond donors (Lipinski definition) is 0. The number of para-hydroxylation sites is 1. The van der Waals surface area contributed by atoms with Crippen molar-refractivity contribution >= 4 is 16.9 Å². The monoisotopic (exact) mass is 411 g/mol. The third-order valence-corrected chi connectivity index (χ3v) is 5.58. The molecular formula is C26H21NO4. The van der Waals surface area contributed by atoms with Gasteiger partial charge in [-0.15, -0.1) is 0 Å². The maximum Gasteiger partial charge on any atom is 0.291 e. The Bertz CT molecular complexity index is 1310. The van der Waals surface area contributed by atoms with Gasteiger partial charge in [-0.2, -0.15) is 0 Å². The Hall–Kier alpha value is -3.86. The SMILES string of the molecule is CCOc1ccc([C@H]2c3c(oc4ccccc4c3=O)C(=O)N2Cc2ccccc2)cc1. The van der Waals surface area contributed by atoms with Crippen molar-refractivity contribution in [2.75, 3.05) is 6.61 Å². The molecule has 2 heterocycles. The molecule has 1 aliphatic rings. The summed E-state index contributed by atoms with van der Waals surface area (Å²) in [5, 5.41) is 0.478. The van der Waals surface area contributed by atoms with Gasteiger partial charge in [-0.3, -0.25) is 9.59 Å². The van der Waals surface area contributed by atoms with Gasteiger partial charge in [0, 0.05) is 6.54 Å². The van der Waals surface area contributed by atoms with Crippen LogP contribution in [0.2, 0.25) is 0 Å². The number of ether oxygens (including phenoxy) is 1. The molecule has 0 aliphatic carbocycles. The lowest BCUT2D eigenvalue weighted by molar-refractivity contribution is 0.0714. The molecule has 1 aliphatic heterocycles. The Morgan fingerprint density at radius 2 is 1.61 bits per heavy atom. The van der Waals surface area contributed by atoms with E-state index in [1.165, 1.54) is 0 Å². The third-order valence-electron chi connectivity index (χ3n) is 5.58. The Labute approximate surface area is 179 Å². The zero-order valence-electron chi connectivity index (χ0n) is 17.1. The van der Waals surface area contributed by atoms with Crippen molar-refractivity contribution in [2.45, 2.75) is 19.5 Å². The first-order chi connectivity index (χ1) is 15.2. The van der Waals surface area contributed by atoms with Crippen LogP contribution in [0.4, 0.5) is 0 Å². The molecular weight excluding hydrogens is 390 g/mol. The second-order valence-corrected chi connectivity index (χ2v) is 7.49. The first-order valence-corrected chi connectivity index (χ1v) is 10.3. The fourth-order valence-electron chi connectivity index (χ4n) is 4.17. The van der Waals surface area contributed by atoms with Crippen LogP contribution in [-0.4, -0.2) is 17.4 Å². The maximum absolute atomic E-state index is 13.5. The number of nitrogens with zero attached hydrogens (tertiary/aromatic N) is 1. The number of hydrogen-bond acceptors (Lipinski definition) is 4. The Kier molecular flexibility index (Phi) is 4.79. The van der Waals surface area contributed by atoms with Crippen LogP contribution in [0, 0.1) is 0 Å². The minimum absolute atomic E-state index is 0.124. The Balaban J connectivity index is 1.68. The van der Waals surface area contributed by atoms with Gasteiger partial charge in [0.15, 0.2) is 5.43 Å². The number of benzene rings is 3. The standard InChI is InChI=1S/C26H21NO4/c1-2-30-19-14-12-18(13-15-19)23-22-24(28)20-10-6-7-11-21(20)31-25(22)26(29)27(23)16-17-8-4-3-5-9-17/h3-15,23H,2,16H2,1H3/t23-/m0/s1. The van der Waals surface area contributed by atoms with Gasteiger partial charge in [0.25, 0.3) is 5.91 Å². The number of fused-ring (bicyclic) bond motifs is 2. The molecule has 31 heavy (non-hydrogen) atoms. The number of amides is 1. The van der Waals surface area contributed by atoms with Gasteiger partial charge in [-0.25, -0.2) is 0 Å². The molecule has 4 aromatic rings. The third kappa shape index (κ3) is 3.28. The zero-order valence-corrected chi connectivity index (χ0v) is 17.1. The van der Waals surface area contributed by atoms with Crippen molar-refractivity contribution in [3.05, 3.63) is 112 Å². The van der Waals surface area contributed by atoms with E-state index >= 15 is 0 Å². The van der Waals surface area contributed by atoms with Gasteiger partial charge in [-0.05, 0) is 42.3 Å². The second-order valence-electron chi connectivity index (χ2n) is 7.49. The van der Waals surface area contributed by atoms with E-state index < -0.39 is 6.04 Å². The molecule has 5 heteroatoms. The van der Waals surface area contributed by atoms with E-state index in [1.54, 1.807) is 29.2 Å². The molecule has 3 aromatic carbocycles. The van der Waals surface area contributed by atoms with Gasteiger partial charge < -0.3 is 14.1 Å². The van der Waals surface area contributed by atoms with Crippen LogP contribution in [0.25, 0.3) is 11.0 Å². The highest BCUT2D eigenvalue weighted by Gasteiger charge is 2.42. The van der Waals surface area contributed by atoms with Crippen molar-refractivity contribution in [3.8, 4) is 5.75 Å². The molecule has 0 unspecified atom stereocenters. The number of carbonyl (C=O) groups excluding carboxylic acids is 1. The second kappa shape index (κ2) is 7.76. The van der Waals surface area contributed by atoms with Crippen LogP contribution < -0.4 is 10.2 Å². The van der Waals surface area contributed by atoms with E-state index in [-0.39, 0.29) is 17.1 Å². The van der Waals surface area contributed by atoms with Crippen molar-refractivity contribution in [1.29, 1.82) is 0 Å². The van der Waals surface area contributed by atoms with E-state index in [0.29, 0.717) is 29.7 Å². The van der Waals surface area contributed by atoms with Gasteiger partial charge in [0.05, 0.1) is 23.6 Å². The molecule has 0 saturated heterocycles. The van der Waals surface area contributed by atoms with E-state index in [4.69, 9.17) is 9.15 Å². The largest absolute Gasteiger partial charge is 0.494 e. The lowest BCUT2D eigenvalue weighted by Crippen LogP contribution is -2.29. The molecule has 0 bridgehead atoms. The normalized spacial score (nSPS) is 15.3. The topological polar surface area (TPSA) is 59.8 Å². The van der Waals surface area contributed by atoms with E-state index in [1.807, 2.05) is 61.5 Å². The molecule has 1 aromatic heterocycles. The molecule has 0 fully saturated rings. The molecule has 5 nitrogen and oxygen atoms in total. The van der Waals surface area contributed by atoms with Crippen LogP contribution in [0.15, 0.2) is 88.1 Å². The van der Waals surface area contributed by atoms with Crippen LogP contribution >= 0.6 is 0 Å². The Morgan fingerprint density at radius 1 is 0.903 bits per heavy atom. The number of rotatable bonds is 5. The highest BCUT2D eigenvalue weighted by atomic mass is 16.5. The summed E-state index contributed by atoms with van der Waals surface area (Å²) in [6, 6.07) is 23.8. The Morgan fingerprint density at radius 3 is 2.35 bits per heavy atom. The fraction of sp³-hybridized carbons (Fsp3) is 0.154. The molecule has 1 atom stereocenters. The van der Waals surface area contributed by atoms with E-state index in [9.17, 15) is 9.59 Å². The number of carbonyl (C=O) groups is 1. The summed E-state index contributed by atoms with van der Waals surface area (Å²) in [4.78, 5) is 28.6. The van der Waals surface area contributed by atoms with Crippen LogP contribution in [0.3, 0.4) is 0 Å². The smallest absolute Gasteiger partial charge is 0.291 e. The van der Waals surface area contributed by atoms with Crippen molar-refractivity contribution in [2.24, 2.45) is 0 Å². The van der Waals surface area contributed by atoms with Crippen LogP contribution in [-0.2, 0) is 6.54 Å². The summed E-state index contributed by atoms with van der Waals surface area (Å²) in [5.74, 6) is 0.593. The lowest BCUT2D eigenvalue weighted by Gasteiger charge is -2.25. The predicted octanol–water partition coefficient (Wildman–Crippen LogP) is 4.94. The quantitative estimate of drug-likeness (QED) is 0.467. The van der Waals surface area contributed by atoms with Crippen molar-refractivity contribution < 1.29 is 13.9 Å². The highest BCUT2D eigenvalue weighted by molar-refractivity contribution is 5.99. The zero-order chi connectivity index (χ0) is 21.4. The molecule has 1 amide bonds. The molecule has 0 radical (unpaired) electrons. The van der Waals surface area contributed by atoms with Crippen molar-refractivity contribution in [1.82, 2.24) is 4.90 Å². The highest BCUT2D eigenvalue weighted by Crippen LogP contribution is 2.39. The lowest BCUT2D eigenvalue weighted by atomic mass is 9.98. The summed E-state index contributed by atoms with van der Waals surface area (Å²) >= 11 is 0. The minimum atomic E-state index is -0.528. The summed E-state index contributed by atoms with van der Waals surface area (Å²) in [5.41, 5.74) is 2.47. The summed E-state index contributed by atoms with van der Waals surface area (Å²) in [6.07, 6.45) is 0. The molecule has 0 spiro atoms. The fourth-order valence-corrected chi connectivity index (χ4v) is 4.17. The summed E-state index contributed by atoms with van der Waals surface area (Å²) < 4.78 is 11.5. The van der Waals surface area contributed by atoms with Gasteiger partial charge in [0.1, 0.15) is 11.3 Å². The molecule has 0 N–H and O–H groups in total. The van der Waals surface area contributed by atoms with Gasteiger partial charge in [-0.1, -0.05) is 54.6 Å². The van der Waals surface area contributed by atoms with Crippen LogP contribution in [0.5, 0.6) is 5.75 Å². The minimum Gasteiger partial charge on any atom is -0.494 e.